The molecule has 0 aliphatic rings. The number of ether oxygens (including phenoxy) is 1. The third kappa shape index (κ3) is 2.74. The smallest absolute Gasteiger partial charge is 0.175 e. The zero-order valence-electron chi connectivity index (χ0n) is 9.60. The number of benzene rings is 1. The maximum absolute atomic E-state index is 11.3. The number of aliphatic hydroxyl groups excluding tert-OH is 1. The van der Waals surface area contributed by atoms with Gasteiger partial charge in [0.1, 0.15) is 5.75 Å². The second kappa shape index (κ2) is 4.84. The van der Waals surface area contributed by atoms with Gasteiger partial charge in [-0.15, -0.1) is 0 Å². The Morgan fingerprint density at radius 2 is 2.06 bits per heavy atom. The van der Waals surface area contributed by atoms with E-state index in [1.54, 1.807) is 6.07 Å². The standard InChI is InChI=1S/C11H16O4S/c1-8(7-12)10-5-4-9(16(3,13)14)6-11(10)15-2/h4-6,8,12H,7H2,1-3H3. The quantitative estimate of drug-likeness (QED) is 0.864. The van der Waals surface area contributed by atoms with Gasteiger partial charge in [0.15, 0.2) is 9.84 Å². The number of rotatable bonds is 4. The monoisotopic (exact) mass is 244 g/mol. The van der Waals surface area contributed by atoms with Gasteiger partial charge in [0.05, 0.1) is 12.0 Å². The summed E-state index contributed by atoms with van der Waals surface area (Å²) in [5.74, 6) is 0.410. The van der Waals surface area contributed by atoms with Gasteiger partial charge in [0.2, 0.25) is 0 Å². The van der Waals surface area contributed by atoms with Crippen LogP contribution in [0.15, 0.2) is 23.1 Å². The topological polar surface area (TPSA) is 63.6 Å². The Morgan fingerprint density at radius 3 is 2.50 bits per heavy atom. The number of hydrogen-bond acceptors (Lipinski definition) is 4. The highest BCUT2D eigenvalue weighted by molar-refractivity contribution is 7.90. The lowest BCUT2D eigenvalue weighted by Crippen LogP contribution is -2.04. The van der Waals surface area contributed by atoms with E-state index in [9.17, 15) is 8.42 Å². The van der Waals surface area contributed by atoms with Gasteiger partial charge in [0.25, 0.3) is 0 Å². The molecule has 1 aromatic rings. The minimum Gasteiger partial charge on any atom is -0.496 e. The first-order valence-corrected chi connectivity index (χ1v) is 6.78. The molecule has 0 aromatic heterocycles. The highest BCUT2D eigenvalue weighted by Gasteiger charge is 2.14. The molecule has 0 radical (unpaired) electrons. The van der Waals surface area contributed by atoms with Crippen LogP contribution >= 0.6 is 0 Å². The maximum Gasteiger partial charge on any atom is 0.175 e. The first-order valence-electron chi connectivity index (χ1n) is 4.89. The molecule has 1 aromatic carbocycles. The Balaban J connectivity index is 3.27. The lowest BCUT2D eigenvalue weighted by atomic mass is 10.0. The van der Waals surface area contributed by atoms with Crippen molar-refractivity contribution < 1.29 is 18.3 Å². The predicted molar refractivity (Wildman–Crippen MR) is 61.6 cm³/mol. The Bertz CT molecular complexity index is 465. The summed E-state index contributed by atoms with van der Waals surface area (Å²) in [7, 11) is -1.75. The molecule has 0 saturated carbocycles. The molecule has 0 heterocycles. The molecule has 0 fully saturated rings. The molecule has 0 spiro atoms. The highest BCUT2D eigenvalue weighted by Crippen LogP contribution is 2.28. The van der Waals surface area contributed by atoms with Crippen molar-refractivity contribution in [2.24, 2.45) is 0 Å². The lowest BCUT2D eigenvalue weighted by molar-refractivity contribution is 0.269. The minimum absolute atomic E-state index is 0.00538. The zero-order valence-corrected chi connectivity index (χ0v) is 10.4. The van der Waals surface area contributed by atoms with Crippen LogP contribution in [0.25, 0.3) is 0 Å². The van der Waals surface area contributed by atoms with Gasteiger partial charge in [-0.25, -0.2) is 8.42 Å². The summed E-state index contributed by atoms with van der Waals surface area (Å²) >= 11 is 0. The van der Waals surface area contributed by atoms with E-state index >= 15 is 0 Å². The first kappa shape index (κ1) is 13.0. The molecule has 1 rings (SSSR count). The number of aliphatic hydroxyl groups is 1. The molecule has 0 bridgehead atoms. The Kier molecular flexibility index (Phi) is 3.93. The second-order valence-corrected chi connectivity index (χ2v) is 5.78. The predicted octanol–water partition coefficient (Wildman–Crippen LogP) is 1.19. The van der Waals surface area contributed by atoms with E-state index in [0.717, 1.165) is 11.8 Å². The molecule has 16 heavy (non-hydrogen) atoms. The van der Waals surface area contributed by atoms with E-state index in [1.165, 1.54) is 19.2 Å². The minimum atomic E-state index is -3.23. The molecule has 5 heteroatoms. The average Bonchev–Trinajstić information content (AvgIpc) is 2.26. The van der Waals surface area contributed by atoms with Gasteiger partial charge >= 0.3 is 0 Å². The van der Waals surface area contributed by atoms with Gasteiger partial charge < -0.3 is 9.84 Å². The van der Waals surface area contributed by atoms with Crippen LogP contribution in [0.1, 0.15) is 18.4 Å². The largest absolute Gasteiger partial charge is 0.496 e. The van der Waals surface area contributed by atoms with Crippen LogP contribution in [0, 0.1) is 0 Å². The number of sulfone groups is 1. The lowest BCUT2D eigenvalue weighted by Gasteiger charge is -2.14. The number of methoxy groups -OCH3 is 1. The summed E-state index contributed by atoms with van der Waals surface area (Å²) in [6.07, 6.45) is 1.15. The molecule has 4 nitrogen and oxygen atoms in total. The van der Waals surface area contributed by atoms with Crippen molar-refractivity contribution in [1.29, 1.82) is 0 Å². The van der Waals surface area contributed by atoms with Crippen molar-refractivity contribution >= 4 is 9.84 Å². The maximum atomic E-state index is 11.3. The van der Waals surface area contributed by atoms with E-state index < -0.39 is 9.84 Å². The van der Waals surface area contributed by atoms with Crippen molar-refractivity contribution in [2.45, 2.75) is 17.7 Å². The van der Waals surface area contributed by atoms with Crippen LogP contribution in [-0.4, -0.2) is 33.5 Å². The summed E-state index contributed by atoms with van der Waals surface area (Å²) in [5.41, 5.74) is 0.803. The molecule has 90 valence electrons. The van der Waals surface area contributed by atoms with Crippen LogP contribution in [-0.2, 0) is 9.84 Å². The molecular weight excluding hydrogens is 228 g/mol. The van der Waals surface area contributed by atoms with E-state index in [1.807, 2.05) is 6.92 Å². The van der Waals surface area contributed by atoms with Crippen LogP contribution < -0.4 is 4.74 Å². The summed E-state index contributed by atoms with van der Waals surface area (Å²) in [6, 6.07) is 4.69. The van der Waals surface area contributed by atoms with E-state index in [2.05, 4.69) is 0 Å². The van der Waals surface area contributed by atoms with Crippen molar-refractivity contribution in [3.8, 4) is 5.75 Å². The number of hydrogen-bond donors (Lipinski definition) is 1. The summed E-state index contributed by atoms with van der Waals surface area (Å²) in [5, 5.41) is 9.06. The third-order valence-electron chi connectivity index (χ3n) is 2.44. The van der Waals surface area contributed by atoms with E-state index in [-0.39, 0.29) is 17.4 Å². The van der Waals surface area contributed by atoms with Gasteiger partial charge in [-0.1, -0.05) is 13.0 Å². The molecule has 0 amide bonds. The van der Waals surface area contributed by atoms with Crippen LogP contribution in [0.3, 0.4) is 0 Å². The van der Waals surface area contributed by atoms with E-state index in [0.29, 0.717) is 5.75 Å². The van der Waals surface area contributed by atoms with E-state index in [4.69, 9.17) is 9.84 Å². The fourth-order valence-electron chi connectivity index (χ4n) is 1.43. The van der Waals surface area contributed by atoms with Crippen molar-refractivity contribution in [3.63, 3.8) is 0 Å². The van der Waals surface area contributed by atoms with Crippen LogP contribution in [0.2, 0.25) is 0 Å². The molecule has 0 aliphatic heterocycles. The Labute approximate surface area is 95.8 Å². The summed E-state index contributed by atoms with van der Waals surface area (Å²) in [4.78, 5) is 0.221. The van der Waals surface area contributed by atoms with Crippen molar-refractivity contribution in [1.82, 2.24) is 0 Å². The Hall–Kier alpha value is -1.07. The zero-order chi connectivity index (χ0) is 12.3. The normalized spacial score (nSPS) is 13.5. The van der Waals surface area contributed by atoms with Crippen LogP contribution in [0.4, 0.5) is 0 Å². The third-order valence-corrected chi connectivity index (χ3v) is 3.55. The van der Waals surface area contributed by atoms with Gasteiger partial charge in [-0.3, -0.25) is 0 Å². The average molecular weight is 244 g/mol. The van der Waals surface area contributed by atoms with Gasteiger partial charge in [-0.05, 0) is 17.7 Å². The molecule has 1 N–H and O–H groups in total. The summed E-state index contributed by atoms with van der Waals surface area (Å²) < 4.78 is 27.8. The summed E-state index contributed by atoms with van der Waals surface area (Å²) in [6.45, 7) is 1.84. The fraction of sp³-hybridized carbons (Fsp3) is 0.455. The Morgan fingerprint density at radius 1 is 1.44 bits per heavy atom. The van der Waals surface area contributed by atoms with Gasteiger partial charge in [0, 0.05) is 18.8 Å². The van der Waals surface area contributed by atoms with Crippen molar-refractivity contribution in [2.75, 3.05) is 20.0 Å². The van der Waals surface area contributed by atoms with Crippen molar-refractivity contribution in [3.05, 3.63) is 23.8 Å². The van der Waals surface area contributed by atoms with Crippen LogP contribution in [0.5, 0.6) is 5.75 Å². The molecule has 0 aliphatic carbocycles. The molecule has 1 unspecified atom stereocenters. The van der Waals surface area contributed by atoms with Gasteiger partial charge in [-0.2, -0.15) is 0 Å². The molecule has 1 atom stereocenters. The fourth-order valence-corrected chi connectivity index (χ4v) is 2.06. The SMILES string of the molecule is COc1cc(S(C)(=O)=O)ccc1C(C)CO. The molecule has 0 saturated heterocycles. The molecular formula is C11H16O4S. The second-order valence-electron chi connectivity index (χ2n) is 3.76. The highest BCUT2D eigenvalue weighted by atomic mass is 32.2. The first-order chi connectivity index (χ1) is 7.40.